The number of likely N-dealkylation sites (tertiary alicyclic amines) is 1. The van der Waals surface area contributed by atoms with E-state index < -0.39 is 22.9 Å². The molecule has 2 aromatic carbocycles. The van der Waals surface area contributed by atoms with Gasteiger partial charge in [0, 0.05) is 32.0 Å². The van der Waals surface area contributed by atoms with Crippen molar-refractivity contribution in [3.63, 3.8) is 0 Å². The summed E-state index contributed by atoms with van der Waals surface area (Å²) in [5, 5.41) is 12.2. The third-order valence-corrected chi connectivity index (χ3v) is 7.61. The number of carbonyl (C=O) groups is 3. The second-order valence-electron chi connectivity index (χ2n) is 10.7. The van der Waals surface area contributed by atoms with Gasteiger partial charge in [-0.25, -0.2) is 4.79 Å². The number of aliphatic carboxylic acids is 1. The predicted octanol–water partition coefficient (Wildman–Crippen LogP) is 3.87. The zero-order valence-electron chi connectivity index (χ0n) is 19.5. The molecule has 7 heteroatoms. The standard InChI is InChI=1S/C27H30N2O5/c1-26(2,12-23(30)29-13-17-11-27(17,16-29)24(31)32)15-28-25(33)34-14-22-20-9-5-3-7-18(20)19-8-4-6-10-21(19)22/h3-10,17,22H,11-16H2,1-2H3,(H,28,33)(H,31,32). The third-order valence-electron chi connectivity index (χ3n) is 7.61. The van der Waals surface area contributed by atoms with Gasteiger partial charge in [-0.2, -0.15) is 0 Å². The Balaban J connectivity index is 1.13. The summed E-state index contributed by atoms with van der Waals surface area (Å²) in [5.41, 5.74) is 3.47. The Bertz CT molecular complexity index is 1110. The number of ether oxygens (including phenoxy) is 1. The number of benzene rings is 2. The van der Waals surface area contributed by atoms with E-state index in [1.165, 1.54) is 11.1 Å². The first-order valence-electron chi connectivity index (χ1n) is 11.8. The third kappa shape index (κ3) is 3.93. The van der Waals surface area contributed by atoms with Gasteiger partial charge in [0.2, 0.25) is 5.91 Å². The molecule has 2 amide bonds. The molecule has 2 fully saturated rings. The summed E-state index contributed by atoms with van der Waals surface area (Å²) in [6.45, 7) is 5.17. The highest BCUT2D eigenvalue weighted by atomic mass is 16.5. The van der Waals surface area contributed by atoms with E-state index in [1.54, 1.807) is 4.90 Å². The number of carboxylic acid groups (broad SMARTS) is 1. The van der Waals surface area contributed by atoms with Gasteiger partial charge >= 0.3 is 12.1 Å². The molecule has 0 spiro atoms. The minimum atomic E-state index is -0.802. The molecule has 7 nitrogen and oxygen atoms in total. The predicted molar refractivity (Wildman–Crippen MR) is 126 cm³/mol. The Labute approximate surface area is 199 Å². The number of nitrogens with one attached hydrogen (secondary N) is 1. The van der Waals surface area contributed by atoms with Crippen LogP contribution in [0, 0.1) is 16.7 Å². The van der Waals surface area contributed by atoms with Gasteiger partial charge in [0.05, 0.1) is 5.41 Å². The Morgan fingerprint density at radius 2 is 1.71 bits per heavy atom. The molecule has 2 aromatic rings. The van der Waals surface area contributed by atoms with Gasteiger partial charge in [-0.1, -0.05) is 62.4 Å². The maximum atomic E-state index is 12.8. The van der Waals surface area contributed by atoms with E-state index in [9.17, 15) is 19.5 Å². The molecule has 1 saturated carbocycles. The van der Waals surface area contributed by atoms with Crippen LogP contribution in [0.5, 0.6) is 0 Å². The van der Waals surface area contributed by atoms with Crippen LogP contribution in [-0.4, -0.2) is 54.2 Å². The quantitative estimate of drug-likeness (QED) is 0.651. The molecule has 0 bridgehead atoms. The van der Waals surface area contributed by atoms with Crippen molar-refractivity contribution in [3.8, 4) is 11.1 Å². The number of alkyl carbamates (subject to hydrolysis) is 1. The molecule has 1 aliphatic heterocycles. The number of rotatable bonds is 7. The van der Waals surface area contributed by atoms with Crippen LogP contribution < -0.4 is 5.32 Å². The lowest BCUT2D eigenvalue weighted by Gasteiger charge is -2.28. The number of carbonyl (C=O) groups excluding carboxylic acids is 2. The minimum Gasteiger partial charge on any atom is -0.481 e. The van der Waals surface area contributed by atoms with E-state index in [0.717, 1.165) is 11.1 Å². The molecule has 3 aliphatic rings. The Morgan fingerprint density at radius 3 is 2.29 bits per heavy atom. The molecule has 2 aliphatic carbocycles. The fourth-order valence-electron chi connectivity index (χ4n) is 5.55. The summed E-state index contributed by atoms with van der Waals surface area (Å²) >= 11 is 0. The van der Waals surface area contributed by atoms with E-state index in [4.69, 9.17) is 4.74 Å². The number of amides is 2. The first-order valence-corrected chi connectivity index (χ1v) is 11.8. The smallest absolute Gasteiger partial charge is 0.407 e. The molecule has 2 unspecified atom stereocenters. The second-order valence-corrected chi connectivity index (χ2v) is 10.7. The summed E-state index contributed by atoms with van der Waals surface area (Å²) in [6.07, 6.45) is 0.396. The number of hydrogen-bond acceptors (Lipinski definition) is 4. The summed E-state index contributed by atoms with van der Waals surface area (Å²) in [6, 6.07) is 16.4. The average Bonchev–Trinajstić information content (AvgIpc) is 3.24. The Kier molecular flexibility index (Phi) is 5.38. The largest absolute Gasteiger partial charge is 0.481 e. The van der Waals surface area contributed by atoms with Gasteiger partial charge in [-0.15, -0.1) is 0 Å². The lowest BCUT2D eigenvalue weighted by molar-refractivity contribution is -0.144. The van der Waals surface area contributed by atoms with Crippen molar-refractivity contribution in [3.05, 3.63) is 59.7 Å². The van der Waals surface area contributed by atoms with Crippen LogP contribution in [-0.2, 0) is 14.3 Å². The Morgan fingerprint density at radius 1 is 1.09 bits per heavy atom. The number of carboxylic acids is 1. The molecule has 1 saturated heterocycles. The van der Waals surface area contributed by atoms with Crippen molar-refractivity contribution in [2.24, 2.45) is 16.7 Å². The van der Waals surface area contributed by atoms with Crippen LogP contribution in [0.15, 0.2) is 48.5 Å². The molecule has 1 heterocycles. The fourth-order valence-corrected chi connectivity index (χ4v) is 5.55. The van der Waals surface area contributed by atoms with Crippen molar-refractivity contribution in [2.75, 3.05) is 26.2 Å². The zero-order valence-corrected chi connectivity index (χ0v) is 19.5. The van der Waals surface area contributed by atoms with Crippen LogP contribution in [0.3, 0.4) is 0 Å². The maximum absolute atomic E-state index is 12.8. The first-order chi connectivity index (χ1) is 16.2. The van der Waals surface area contributed by atoms with Gasteiger partial charge < -0.3 is 20.1 Å². The van der Waals surface area contributed by atoms with Gasteiger partial charge in [0.1, 0.15) is 6.61 Å². The number of fused-ring (bicyclic) bond motifs is 4. The molecule has 0 radical (unpaired) electrons. The molecule has 0 aromatic heterocycles. The molecule has 34 heavy (non-hydrogen) atoms. The lowest BCUT2D eigenvalue weighted by Crippen LogP contribution is -2.40. The summed E-state index contributed by atoms with van der Waals surface area (Å²) in [5.74, 6) is -0.789. The van der Waals surface area contributed by atoms with Crippen molar-refractivity contribution in [1.29, 1.82) is 0 Å². The van der Waals surface area contributed by atoms with Gasteiger partial charge in [0.25, 0.3) is 0 Å². The maximum Gasteiger partial charge on any atom is 0.407 e. The molecule has 2 atom stereocenters. The van der Waals surface area contributed by atoms with Crippen LogP contribution in [0.4, 0.5) is 4.79 Å². The topological polar surface area (TPSA) is 95.9 Å². The molecule has 178 valence electrons. The number of piperidine rings is 1. The number of hydrogen-bond donors (Lipinski definition) is 2. The highest BCUT2D eigenvalue weighted by Crippen LogP contribution is 2.58. The van der Waals surface area contributed by atoms with Crippen LogP contribution in [0.2, 0.25) is 0 Å². The van der Waals surface area contributed by atoms with Crippen molar-refractivity contribution in [1.82, 2.24) is 10.2 Å². The van der Waals surface area contributed by atoms with Crippen molar-refractivity contribution >= 4 is 18.0 Å². The van der Waals surface area contributed by atoms with Gasteiger partial charge in [-0.3, -0.25) is 9.59 Å². The Hall–Kier alpha value is -3.35. The summed E-state index contributed by atoms with van der Waals surface area (Å²) in [4.78, 5) is 38.4. The molecular weight excluding hydrogens is 432 g/mol. The van der Waals surface area contributed by atoms with E-state index in [0.29, 0.717) is 19.5 Å². The van der Waals surface area contributed by atoms with Gasteiger partial charge in [-0.05, 0) is 40.0 Å². The van der Waals surface area contributed by atoms with E-state index in [2.05, 4.69) is 29.6 Å². The van der Waals surface area contributed by atoms with Crippen LogP contribution in [0.1, 0.15) is 43.7 Å². The fraction of sp³-hybridized carbons (Fsp3) is 0.444. The SMILES string of the molecule is CC(C)(CNC(=O)OCC1c2ccccc2-c2ccccc21)CC(=O)N1CC2CC2(C(=O)O)C1. The molecular formula is C27H30N2O5. The number of nitrogens with zero attached hydrogens (tertiary/aromatic N) is 1. The van der Waals surface area contributed by atoms with Crippen LogP contribution in [0.25, 0.3) is 11.1 Å². The van der Waals surface area contributed by atoms with E-state index >= 15 is 0 Å². The first kappa shape index (κ1) is 22.4. The monoisotopic (exact) mass is 462 g/mol. The molecule has 2 N–H and O–H groups in total. The average molecular weight is 463 g/mol. The van der Waals surface area contributed by atoms with Crippen LogP contribution >= 0.6 is 0 Å². The van der Waals surface area contributed by atoms with E-state index in [1.807, 2.05) is 38.1 Å². The zero-order chi connectivity index (χ0) is 24.1. The minimum absolute atomic E-state index is 0.00380. The highest BCUT2D eigenvalue weighted by molar-refractivity contribution is 5.84. The second kappa shape index (κ2) is 8.15. The van der Waals surface area contributed by atoms with Crippen molar-refractivity contribution in [2.45, 2.75) is 32.6 Å². The molecule has 5 rings (SSSR count). The van der Waals surface area contributed by atoms with E-state index in [-0.39, 0.29) is 37.3 Å². The van der Waals surface area contributed by atoms with Gasteiger partial charge in [0.15, 0.2) is 0 Å². The summed E-state index contributed by atoms with van der Waals surface area (Å²) < 4.78 is 5.59. The highest BCUT2D eigenvalue weighted by Gasteiger charge is 2.66. The summed E-state index contributed by atoms with van der Waals surface area (Å²) in [7, 11) is 0. The normalized spacial score (nSPS) is 22.5. The lowest BCUT2D eigenvalue weighted by atomic mass is 9.88. The van der Waals surface area contributed by atoms with Crippen molar-refractivity contribution < 1.29 is 24.2 Å².